The number of rotatable bonds is 20. The highest BCUT2D eigenvalue weighted by molar-refractivity contribution is 5.69. The number of nitrogens with zero attached hydrogens (tertiary/aromatic N) is 1. The molecule has 3 N–H and O–H groups in total. The predicted octanol–water partition coefficient (Wildman–Crippen LogP) is 3.75. The smallest absolute Gasteiger partial charge is 0.317 e. The van der Waals surface area contributed by atoms with Gasteiger partial charge in [-0.25, -0.2) is 0 Å². The molecule has 0 saturated heterocycles. The SMILES string of the molecule is CCCCCCCCCCCCNCCN(CCCC(=O)O)CC(=O)O. The van der Waals surface area contributed by atoms with Crippen LogP contribution in [-0.4, -0.2) is 59.8 Å². The topological polar surface area (TPSA) is 89.9 Å². The molecule has 0 spiro atoms. The van der Waals surface area contributed by atoms with E-state index in [4.69, 9.17) is 10.2 Å². The lowest BCUT2D eigenvalue weighted by atomic mass is 10.1. The van der Waals surface area contributed by atoms with E-state index in [2.05, 4.69) is 12.2 Å². The van der Waals surface area contributed by atoms with Gasteiger partial charge in [0.15, 0.2) is 0 Å². The van der Waals surface area contributed by atoms with Gasteiger partial charge in [-0.1, -0.05) is 64.7 Å². The highest BCUT2D eigenvalue weighted by Crippen LogP contribution is 2.10. The molecule has 0 atom stereocenters. The molecule has 0 aliphatic carbocycles. The maximum absolute atomic E-state index is 10.9. The second-order valence-corrected chi connectivity index (χ2v) is 7.10. The Morgan fingerprint density at radius 3 is 1.85 bits per heavy atom. The summed E-state index contributed by atoms with van der Waals surface area (Å²) in [6, 6.07) is 0. The fraction of sp³-hybridized carbons (Fsp3) is 0.900. The minimum Gasteiger partial charge on any atom is -0.481 e. The number of nitrogens with one attached hydrogen (secondary N) is 1. The van der Waals surface area contributed by atoms with Gasteiger partial charge in [-0.3, -0.25) is 14.5 Å². The van der Waals surface area contributed by atoms with E-state index < -0.39 is 11.9 Å². The van der Waals surface area contributed by atoms with Crippen molar-refractivity contribution < 1.29 is 19.8 Å². The average Bonchev–Trinajstić information content (AvgIpc) is 2.58. The summed E-state index contributed by atoms with van der Waals surface area (Å²) in [4.78, 5) is 23.2. The van der Waals surface area contributed by atoms with Crippen LogP contribution in [0.4, 0.5) is 0 Å². The first-order valence-electron chi connectivity index (χ1n) is 10.4. The largest absolute Gasteiger partial charge is 0.481 e. The van der Waals surface area contributed by atoms with Crippen LogP contribution in [0.5, 0.6) is 0 Å². The zero-order valence-corrected chi connectivity index (χ0v) is 16.7. The molecular formula is C20H40N2O4. The van der Waals surface area contributed by atoms with E-state index in [1.54, 1.807) is 4.90 Å². The minimum atomic E-state index is -0.866. The van der Waals surface area contributed by atoms with E-state index in [9.17, 15) is 9.59 Å². The third kappa shape index (κ3) is 19.2. The van der Waals surface area contributed by atoms with Crippen molar-refractivity contribution in [3.05, 3.63) is 0 Å². The van der Waals surface area contributed by atoms with Crippen LogP contribution in [0.25, 0.3) is 0 Å². The molecule has 0 rings (SSSR count). The molecule has 0 amide bonds. The molecule has 0 radical (unpaired) electrons. The monoisotopic (exact) mass is 372 g/mol. The van der Waals surface area contributed by atoms with Gasteiger partial charge in [-0.05, 0) is 25.9 Å². The zero-order valence-electron chi connectivity index (χ0n) is 16.7. The molecule has 0 aromatic rings. The maximum atomic E-state index is 10.9. The number of carbonyl (C=O) groups is 2. The van der Waals surface area contributed by atoms with E-state index in [-0.39, 0.29) is 13.0 Å². The quantitative estimate of drug-likeness (QED) is 0.282. The standard InChI is InChI=1S/C20H40N2O4/c1-2-3-4-5-6-7-8-9-10-11-14-21-15-17-22(18-20(25)26)16-12-13-19(23)24/h21H,2-18H2,1H3,(H,23,24)(H,25,26). The van der Waals surface area contributed by atoms with Gasteiger partial charge in [0.1, 0.15) is 0 Å². The third-order valence-corrected chi connectivity index (χ3v) is 4.54. The van der Waals surface area contributed by atoms with Gasteiger partial charge in [0.25, 0.3) is 0 Å². The number of unbranched alkanes of at least 4 members (excludes halogenated alkanes) is 9. The molecular weight excluding hydrogens is 332 g/mol. The van der Waals surface area contributed by atoms with Crippen LogP contribution in [0.3, 0.4) is 0 Å². The summed E-state index contributed by atoms with van der Waals surface area (Å²) in [5, 5.41) is 20.9. The molecule has 0 aromatic carbocycles. The fourth-order valence-corrected chi connectivity index (χ4v) is 3.01. The van der Waals surface area contributed by atoms with Gasteiger partial charge in [0, 0.05) is 19.5 Å². The van der Waals surface area contributed by atoms with Crippen molar-refractivity contribution >= 4 is 11.9 Å². The molecule has 0 aliphatic rings. The van der Waals surface area contributed by atoms with E-state index in [0.29, 0.717) is 19.5 Å². The number of aliphatic carboxylic acids is 2. The van der Waals surface area contributed by atoms with Gasteiger partial charge in [-0.15, -0.1) is 0 Å². The minimum absolute atomic E-state index is 0.0282. The summed E-state index contributed by atoms with van der Waals surface area (Å²) in [5.74, 6) is -1.70. The number of carboxylic acid groups (broad SMARTS) is 2. The molecule has 0 unspecified atom stereocenters. The number of carboxylic acids is 2. The summed E-state index contributed by atoms with van der Waals surface area (Å²) in [6.45, 7) is 5.09. The fourth-order valence-electron chi connectivity index (χ4n) is 3.01. The van der Waals surface area contributed by atoms with Gasteiger partial charge in [0.2, 0.25) is 0 Å². The van der Waals surface area contributed by atoms with Crippen LogP contribution in [0.2, 0.25) is 0 Å². The first-order chi connectivity index (χ1) is 12.6. The van der Waals surface area contributed by atoms with Crippen LogP contribution in [-0.2, 0) is 9.59 Å². The Bertz CT molecular complexity index is 351. The first-order valence-corrected chi connectivity index (χ1v) is 10.4. The van der Waals surface area contributed by atoms with E-state index >= 15 is 0 Å². The Morgan fingerprint density at radius 1 is 0.731 bits per heavy atom. The molecule has 0 saturated carbocycles. The van der Waals surface area contributed by atoms with Crippen molar-refractivity contribution in [3.63, 3.8) is 0 Å². The van der Waals surface area contributed by atoms with Crippen LogP contribution in [0.15, 0.2) is 0 Å². The molecule has 0 aliphatic heterocycles. The maximum Gasteiger partial charge on any atom is 0.317 e. The lowest BCUT2D eigenvalue weighted by molar-refractivity contribution is -0.138. The first kappa shape index (κ1) is 24.9. The third-order valence-electron chi connectivity index (χ3n) is 4.54. The van der Waals surface area contributed by atoms with Crippen LogP contribution in [0.1, 0.15) is 84.0 Å². The van der Waals surface area contributed by atoms with Crippen molar-refractivity contribution in [2.24, 2.45) is 0 Å². The van der Waals surface area contributed by atoms with Crippen molar-refractivity contribution in [1.82, 2.24) is 10.2 Å². The van der Waals surface area contributed by atoms with Gasteiger partial charge < -0.3 is 15.5 Å². The predicted molar refractivity (Wildman–Crippen MR) is 106 cm³/mol. The van der Waals surface area contributed by atoms with Crippen molar-refractivity contribution in [3.8, 4) is 0 Å². The van der Waals surface area contributed by atoms with Crippen LogP contribution in [0, 0.1) is 0 Å². The lowest BCUT2D eigenvalue weighted by Crippen LogP contribution is -2.36. The normalized spacial score (nSPS) is 11.2. The Hall–Kier alpha value is -1.14. The molecule has 26 heavy (non-hydrogen) atoms. The van der Waals surface area contributed by atoms with E-state index in [1.807, 2.05) is 0 Å². The Morgan fingerprint density at radius 2 is 1.31 bits per heavy atom. The number of hydrogen-bond donors (Lipinski definition) is 3. The van der Waals surface area contributed by atoms with Crippen LogP contribution >= 0.6 is 0 Å². The molecule has 6 nitrogen and oxygen atoms in total. The highest BCUT2D eigenvalue weighted by Gasteiger charge is 2.09. The highest BCUT2D eigenvalue weighted by atomic mass is 16.4. The van der Waals surface area contributed by atoms with Crippen molar-refractivity contribution in [2.75, 3.05) is 32.7 Å². The molecule has 0 bridgehead atoms. The Kier molecular flexibility index (Phi) is 17.8. The zero-order chi connectivity index (χ0) is 19.5. The van der Waals surface area contributed by atoms with Gasteiger partial charge >= 0.3 is 11.9 Å². The molecule has 0 heterocycles. The van der Waals surface area contributed by atoms with E-state index in [0.717, 1.165) is 19.5 Å². The second-order valence-electron chi connectivity index (χ2n) is 7.10. The summed E-state index contributed by atoms with van der Waals surface area (Å²) in [5.41, 5.74) is 0. The summed E-state index contributed by atoms with van der Waals surface area (Å²) < 4.78 is 0. The van der Waals surface area contributed by atoms with Crippen molar-refractivity contribution in [2.45, 2.75) is 84.0 Å². The van der Waals surface area contributed by atoms with Gasteiger partial charge in [-0.2, -0.15) is 0 Å². The molecule has 0 fully saturated rings. The van der Waals surface area contributed by atoms with Crippen LogP contribution < -0.4 is 5.32 Å². The second kappa shape index (κ2) is 18.6. The lowest BCUT2D eigenvalue weighted by Gasteiger charge is -2.20. The summed E-state index contributed by atoms with van der Waals surface area (Å²) in [7, 11) is 0. The number of hydrogen-bond acceptors (Lipinski definition) is 4. The summed E-state index contributed by atoms with van der Waals surface area (Å²) in [6.07, 6.45) is 13.8. The van der Waals surface area contributed by atoms with Gasteiger partial charge in [0.05, 0.1) is 6.54 Å². The Labute approximate surface area is 159 Å². The summed E-state index contributed by atoms with van der Waals surface area (Å²) >= 11 is 0. The molecule has 154 valence electrons. The van der Waals surface area contributed by atoms with E-state index in [1.165, 1.54) is 57.8 Å². The molecule has 0 aromatic heterocycles. The molecule has 6 heteroatoms. The Balaban J connectivity index is 3.48. The van der Waals surface area contributed by atoms with Crippen molar-refractivity contribution in [1.29, 1.82) is 0 Å². The average molecular weight is 373 g/mol.